The van der Waals surface area contributed by atoms with Gasteiger partial charge in [-0.05, 0) is 31.4 Å². The smallest absolute Gasteiger partial charge is 0.0514 e. The van der Waals surface area contributed by atoms with Gasteiger partial charge in [0.2, 0.25) is 0 Å². The van der Waals surface area contributed by atoms with E-state index in [1.54, 1.807) is 0 Å². The van der Waals surface area contributed by atoms with Crippen LogP contribution in [0, 0.1) is 5.92 Å². The van der Waals surface area contributed by atoms with E-state index in [4.69, 9.17) is 0 Å². The summed E-state index contributed by atoms with van der Waals surface area (Å²) in [7, 11) is -0.780. The molecule has 0 saturated carbocycles. The summed E-state index contributed by atoms with van der Waals surface area (Å²) >= 11 is 0. The Hall–Kier alpha value is -0.670. The minimum Gasteiger partial charge on any atom is -0.309 e. The Labute approximate surface area is 120 Å². The number of nitrogens with one attached hydrogen (secondary N) is 1. The summed E-state index contributed by atoms with van der Waals surface area (Å²) < 4.78 is 12.4. The van der Waals surface area contributed by atoms with Crippen LogP contribution < -0.4 is 5.32 Å². The highest BCUT2D eigenvalue weighted by atomic mass is 32.2. The summed E-state index contributed by atoms with van der Waals surface area (Å²) in [4.78, 5) is 0. The third-order valence-corrected chi connectivity index (χ3v) is 5.10. The van der Waals surface area contributed by atoms with Crippen LogP contribution in [0.25, 0.3) is 0 Å². The third kappa shape index (κ3) is 5.45. The Bertz CT molecular complexity index is 378. The van der Waals surface area contributed by atoms with Crippen molar-refractivity contribution in [3.05, 3.63) is 35.9 Å². The molecule has 0 fully saturated rings. The van der Waals surface area contributed by atoms with Gasteiger partial charge < -0.3 is 5.32 Å². The zero-order valence-corrected chi connectivity index (χ0v) is 13.4. The molecule has 0 spiro atoms. The standard InChI is InChI=1S/C16H27NOS/c1-5-17-16(15-9-7-6-8-10-15)14(4)19(18)12-11-13(2)3/h6-10,13-14,16-17H,5,11-12H2,1-4H3. The molecule has 0 heterocycles. The number of benzene rings is 1. The summed E-state index contributed by atoms with van der Waals surface area (Å²) in [6.45, 7) is 9.45. The Balaban J connectivity index is 2.73. The lowest BCUT2D eigenvalue weighted by atomic mass is 10.0. The first-order chi connectivity index (χ1) is 9.06. The van der Waals surface area contributed by atoms with Crippen molar-refractivity contribution in [1.29, 1.82) is 0 Å². The molecule has 3 atom stereocenters. The normalized spacial score (nSPS) is 16.3. The molecule has 108 valence electrons. The van der Waals surface area contributed by atoms with Gasteiger partial charge in [0.1, 0.15) is 0 Å². The lowest BCUT2D eigenvalue weighted by molar-refractivity contribution is 0.532. The van der Waals surface area contributed by atoms with Crippen molar-refractivity contribution in [3.63, 3.8) is 0 Å². The van der Waals surface area contributed by atoms with Crippen LogP contribution in [0.4, 0.5) is 0 Å². The van der Waals surface area contributed by atoms with Crippen LogP contribution in [0.2, 0.25) is 0 Å². The van der Waals surface area contributed by atoms with Crippen LogP contribution in [-0.2, 0) is 10.8 Å². The van der Waals surface area contributed by atoms with Gasteiger partial charge in [-0.3, -0.25) is 4.21 Å². The molecular formula is C16H27NOS. The van der Waals surface area contributed by atoms with E-state index in [2.05, 4.69) is 45.1 Å². The SMILES string of the molecule is CCNC(c1ccccc1)C(C)S(=O)CCC(C)C. The fourth-order valence-electron chi connectivity index (χ4n) is 2.12. The predicted molar refractivity (Wildman–Crippen MR) is 84.8 cm³/mol. The fourth-order valence-corrected chi connectivity index (χ4v) is 3.76. The minimum absolute atomic E-state index is 0.140. The average molecular weight is 281 g/mol. The van der Waals surface area contributed by atoms with Crippen LogP contribution in [0.15, 0.2) is 30.3 Å². The van der Waals surface area contributed by atoms with Crippen LogP contribution >= 0.6 is 0 Å². The van der Waals surface area contributed by atoms with Crippen LogP contribution in [0.1, 0.15) is 45.7 Å². The summed E-state index contributed by atoms with van der Waals surface area (Å²) in [5.41, 5.74) is 1.23. The van der Waals surface area contributed by atoms with Gasteiger partial charge in [-0.15, -0.1) is 0 Å². The van der Waals surface area contributed by atoms with E-state index in [1.807, 2.05) is 18.2 Å². The minimum atomic E-state index is -0.780. The van der Waals surface area contributed by atoms with Gasteiger partial charge in [-0.25, -0.2) is 0 Å². The Kier molecular flexibility index (Phi) is 7.32. The lowest BCUT2D eigenvalue weighted by Crippen LogP contribution is -2.33. The topological polar surface area (TPSA) is 29.1 Å². The van der Waals surface area contributed by atoms with E-state index in [9.17, 15) is 4.21 Å². The van der Waals surface area contributed by atoms with Gasteiger partial charge in [0, 0.05) is 22.6 Å². The van der Waals surface area contributed by atoms with Crippen molar-refractivity contribution in [1.82, 2.24) is 5.32 Å². The Morgan fingerprint density at radius 2 is 1.79 bits per heavy atom. The molecule has 0 bridgehead atoms. The van der Waals surface area contributed by atoms with Crippen LogP contribution in [0.5, 0.6) is 0 Å². The highest BCUT2D eigenvalue weighted by molar-refractivity contribution is 7.85. The van der Waals surface area contributed by atoms with Gasteiger partial charge in [0.05, 0.1) is 5.25 Å². The zero-order chi connectivity index (χ0) is 14.3. The molecule has 0 amide bonds. The quantitative estimate of drug-likeness (QED) is 0.790. The molecule has 0 aliphatic heterocycles. The largest absolute Gasteiger partial charge is 0.309 e. The molecule has 0 saturated heterocycles. The van der Waals surface area contributed by atoms with Crippen molar-refractivity contribution in [2.75, 3.05) is 12.3 Å². The predicted octanol–water partition coefficient (Wildman–Crippen LogP) is 3.52. The molecule has 1 N–H and O–H groups in total. The molecule has 2 nitrogen and oxygen atoms in total. The molecular weight excluding hydrogens is 254 g/mol. The fraction of sp³-hybridized carbons (Fsp3) is 0.625. The van der Waals surface area contributed by atoms with Crippen molar-refractivity contribution in [2.24, 2.45) is 5.92 Å². The molecule has 1 aromatic carbocycles. The van der Waals surface area contributed by atoms with Crippen molar-refractivity contribution < 1.29 is 4.21 Å². The summed E-state index contributed by atoms with van der Waals surface area (Å²) in [5, 5.41) is 3.61. The Morgan fingerprint density at radius 3 is 2.32 bits per heavy atom. The van der Waals surface area contributed by atoms with E-state index in [-0.39, 0.29) is 11.3 Å². The summed E-state index contributed by atoms with van der Waals surface area (Å²) in [5.74, 6) is 1.42. The molecule has 1 aromatic rings. The second-order valence-corrected chi connectivity index (χ2v) is 7.33. The van der Waals surface area contributed by atoms with Gasteiger partial charge in [0.25, 0.3) is 0 Å². The highest BCUT2D eigenvalue weighted by Gasteiger charge is 2.23. The monoisotopic (exact) mass is 281 g/mol. The van der Waals surface area contributed by atoms with Crippen molar-refractivity contribution >= 4 is 10.8 Å². The first-order valence-electron chi connectivity index (χ1n) is 7.21. The third-order valence-electron chi connectivity index (χ3n) is 3.36. The van der Waals surface area contributed by atoms with Gasteiger partial charge in [-0.2, -0.15) is 0 Å². The maximum atomic E-state index is 12.4. The first-order valence-corrected chi connectivity index (χ1v) is 8.60. The molecule has 1 rings (SSSR count). The maximum Gasteiger partial charge on any atom is 0.0514 e. The molecule has 3 unspecified atom stereocenters. The lowest BCUT2D eigenvalue weighted by Gasteiger charge is -2.25. The maximum absolute atomic E-state index is 12.4. The van der Waals surface area contributed by atoms with Crippen molar-refractivity contribution in [3.8, 4) is 0 Å². The van der Waals surface area contributed by atoms with Gasteiger partial charge >= 0.3 is 0 Å². The Morgan fingerprint density at radius 1 is 1.16 bits per heavy atom. The molecule has 19 heavy (non-hydrogen) atoms. The first kappa shape index (κ1) is 16.4. The van der Waals surface area contributed by atoms with Crippen LogP contribution in [-0.4, -0.2) is 21.8 Å². The summed E-state index contributed by atoms with van der Waals surface area (Å²) in [6, 6.07) is 10.5. The second-order valence-electron chi connectivity index (χ2n) is 5.42. The molecule has 0 aliphatic carbocycles. The number of hydrogen-bond donors (Lipinski definition) is 1. The van der Waals surface area contributed by atoms with Crippen molar-refractivity contribution in [2.45, 2.75) is 45.4 Å². The van der Waals surface area contributed by atoms with E-state index in [1.165, 1.54) is 5.56 Å². The number of hydrogen-bond acceptors (Lipinski definition) is 2. The molecule has 0 aliphatic rings. The van der Waals surface area contributed by atoms with Gasteiger partial charge in [0.15, 0.2) is 0 Å². The average Bonchev–Trinajstić information content (AvgIpc) is 2.42. The van der Waals surface area contributed by atoms with E-state index in [0.717, 1.165) is 18.7 Å². The zero-order valence-electron chi connectivity index (χ0n) is 12.6. The van der Waals surface area contributed by atoms with E-state index in [0.29, 0.717) is 5.92 Å². The molecule has 0 aromatic heterocycles. The molecule has 0 radical (unpaired) electrons. The van der Waals surface area contributed by atoms with E-state index >= 15 is 0 Å². The summed E-state index contributed by atoms with van der Waals surface area (Å²) in [6.07, 6.45) is 1.03. The van der Waals surface area contributed by atoms with Crippen LogP contribution in [0.3, 0.4) is 0 Å². The van der Waals surface area contributed by atoms with Gasteiger partial charge in [-0.1, -0.05) is 51.1 Å². The molecule has 3 heteroatoms. The van der Waals surface area contributed by atoms with E-state index < -0.39 is 10.8 Å². The number of rotatable bonds is 8. The second kappa shape index (κ2) is 8.49. The highest BCUT2D eigenvalue weighted by Crippen LogP contribution is 2.21.